The van der Waals surface area contributed by atoms with Gasteiger partial charge in [0.25, 0.3) is 11.8 Å². The van der Waals surface area contributed by atoms with E-state index < -0.39 is 11.0 Å². The molecule has 6 rings (SSSR count). The average molecular weight is 571 g/mol. The topological polar surface area (TPSA) is 140 Å². The lowest BCUT2D eigenvalue weighted by Crippen LogP contribution is -2.61. The highest BCUT2D eigenvalue weighted by atomic mass is 35.5. The van der Waals surface area contributed by atoms with E-state index in [2.05, 4.69) is 15.8 Å². The van der Waals surface area contributed by atoms with Crippen LogP contribution in [0.25, 0.3) is 0 Å². The van der Waals surface area contributed by atoms with Gasteiger partial charge >= 0.3 is 0 Å². The fourth-order valence-electron chi connectivity index (χ4n) is 7.13. The van der Waals surface area contributed by atoms with Crippen molar-refractivity contribution in [2.24, 2.45) is 28.9 Å². The van der Waals surface area contributed by atoms with Gasteiger partial charge < -0.3 is 30.7 Å². The van der Waals surface area contributed by atoms with Gasteiger partial charge in [0, 0.05) is 24.4 Å². The Labute approximate surface area is 235 Å². The Morgan fingerprint density at radius 3 is 2.50 bits per heavy atom. The molecule has 214 valence electrons. The van der Waals surface area contributed by atoms with Crippen LogP contribution in [0, 0.1) is 23.2 Å². The van der Waals surface area contributed by atoms with Gasteiger partial charge in [-0.15, -0.1) is 24.2 Å². The Bertz CT molecular complexity index is 982. The number of halogens is 1. The molecule has 5 N–H and O–H groups in total. The van der Waals surface area contributed by atoms with Gasteiger partial charge in [0.05, 0.1) is 11.0 Å². The quantitative estimate of drug-likeness (QED) is 0.334. The number of aromatic nitrogens is 1. The Hall–Kier alpha value is -1.49. The molecular formula is C27H43ClN4O5S. The van der Waals surface area contributed by atoms with E-state index in [0.717, 1.165) is 44.9 Å². The lowest BCUT2D eigenvalue weighted by molar-refractivity contribution is -0.137. The van der Waals surface area contributed by atoms with Crippen molar-refractivity contribution in [2.45, 2.75) is 99.8 Å². The van der Waals surface area contributed by atoms with Crippen molar-refractivity contribution in [3.05, 3.63) is 5.76 Å². The molecule has 9 nitrogen and oxygen atoms in total. The molecule has 5 aliphatic carbocycles. The molecule has 1 aromatic rings. The smallest absolute Gasteiger partial charge is 0.291 e. The summed E-state index contributed by atoms with van der Waals surface area (Å²) in [6.45, 7) is 4.49. The Morgan fingerprint density at radius 1 is 1.18 bits per heavy atom. The second kappa shape index (κ2) is 11.9. The van der Waals surface area contributed by atoms with Gasteiger partial charge in [-0.05, 0) is 81.7 Å². The van der Waals surface area contributed by atoms with Crippen molar-refractivity contribution in [3.8, 4) is 5.88 Å². The molecule has 2 unspecified atom stereocenters. The number of nitrogens with two attached hydrogens (primary N) is 1. The van der Waals surface area contributed by atoms with Crippen molar-refractivity contribution in [1.29, 1.82) is 0 Å². The van der Waals surface area contributed by atoms with Gasteiger partial charge in [0.15, 0.2) is 0 Å². The summed E-state index contributed by atoms with van der Waals surface area (Å²) >= 11 is 1.62. The first-order chi connectivity index (χ1) is 17.7. The summed E-state index contributed by atoms with van der Waals surface area (Å²) in [7, 11) is 0. The van der Waals surface area contributed by atoms with Crippen molar-refractivity contribution in [3.63, 3.8) is 0 Å². The third-order valence-electron chi connectivity index (χ3n) is 8.82. The monoisotopic (exact) mass is 570 g/mol. The summed E-state index contributed by atoms with van der Waals surface area (Å²) in [6.07, 6.45) is 10.3. The van der Waals surface area contributed by atoms with E-state index in [-0.39, 0.29) is 48.5 Å². The summed E-state index contributed by atoms with van der Waals surface area (Å²) in [4.78, 5) is 26.7. The molecule has 2 amide bonds. The summed E-state index contributed by atoms with van der Waals surface area (Å²) < 4.78 is 11.7. The van der Waals surface area contributed by atoms with Crippen molar-refractivity contribution in [2.75, 3.05) is 19.7 Å². The van der Waals surface area contributed by atoms with Gasteiger partial charge in [0.2, 0.25) is 11.7 Å². The summed E-state index contributed by atoms with van der Waals surface area (Å²) in [6, 6.07) is 0.0523. The second-order valence-corrected chi connectivity index (χ2v) is 13.7. The predicted octanol–water partition coefficient (Wildman–Crippen LogP) is 3.67. The summed E-state index contributed by atoms with van der Waals surface area (Å²) in [5.41, 5.74) is 4.17. The van der Waals surface area contributed by atoms with Crippen molar-refractivity contribution in [1.82, 2.24) is 15.8 Å². The maximum absolute atomic E-state index is 13.6. The van der Waals surface area contributed by atoms with Crippen LogP contribution in [0.5, 0.6) is 5.88 Å². The largest absolute Gasteiger partial charge is 0.474 e. The number of hydrogen-bond donors (Lipinski definition) is 4. The van der Waals surface area contributed by atoms with Crippen LogP contribution < -0.4 is 21.1 Å². The zero-order chi connectivity index (χ0) is 26.2. The van der Waals surface area contributed by atoms with E-state index in [1.165, 1.54) is 19.3 Å². The highest BCUT2D eigenvalue weighted by Crippen LogP contribution is 2.55. The van der Waals surface area contributed by atoms with E-state index in [9.17, 15) is 14.7 Å². The zero-order valence-corrected chi connectivity index (χ0v) is 24.1. The molecule has 2 atom stereocenters. The van der Waals surface area contributed by atoms with E-state index in [1.807, 2.05) is 0 Å². The molecule has 11 heteroatoms. The van der Waals surface area contributed by atoms with Crippen LogP contribution in [0.2, 0.25) is 0 Å². The fraction of sp³-hybridized carbons (Fsp3) is 0.815. The minimum absolute atomic E-state index is 0. The predicted molar refractivity (Wildman–Crippen MR) is 148 cm³/mol. The van der Waals surface area contributed by atoms with Crippen LogP contribution in [0.15, 0.2) is 9.42 Å². The van der Waals surface area contributed by atoms with Gasteiger partial charge in [0.1, 0.15) is 11.5 Å². The van der Waals surface area contributed by atoms with Crippen LogP contribution in [0.4, 0.5) is 0 Å². The van der Waals surface area contributed by atoms with Crippen LogP contribution >= 0.6 is 24.2 Å². The third-order valence-corrected chi connectivity index (χ3v) is 10.2. The van der Waals surface area contributed by atoms with Crippen molar-refractivity contribution >= 4 is 36.0 Å². The molecule has 1 aromatic heterocycles. The van der Waals surface area contributed by atoms with E-state index in [0.29, 0.717) is 41.0 Å². The molecule has 38 heavy (non-hydrogen) atoms. The zero-order valence-electron chi connectivity index (χ0n) is 22.5. The molecular weight excluding hydrogens is 528 g/mol. The van der Waals surface area contributed by atoms with E-state index >= 15 is 0 Å². The van der Waals surface area contributed by atoms with Crippen LogP contribution in [0.1, 0.15) is 88.6 Å². The number of rotatable bonds is 10. The van der Waals surface area contributed by atoms with Gasteiger partial charge in [-0.2, -0.15) is 0 Å². The number of thioether (sulfide) groups is 1. The minimum Gasteiger partial charge on any atom is -0.474 e. The highest BCUT2D eigenvalue weighted by Gasteiger charge is 2.55. The molecule has 5 fully saturated rings. The Balaban J connectivity index is 0.00000336. The van der Waals surface area contributed by atoms with Crippen LogP contribution in [-0.2, 0) is 4.79 Å². The first kappa shape index (κ1) is 29.5. The SMILES string of the molecule is CC(C)(COc1noc(C(=O)NC2C3CC4CC2CC(O)(C4)C3)c1SC1CCCCC1)C(=O)NCCN.Cl. The lowest BCUT2D eigenvalue weighted by Gasteiger charge is -2.58. The lowest BCUT2D eigenvalue weighted by atomic mass is 9.52. The maximum Gasteiger partial charge on any atom is 0.291 e. The van der Waals surface area contributed by atoms with Gasteiger partial charge in [-0.1, -0.05) is 19.3 Å². The number of nitrogens with one attached hydrogen (secondary N) is 2. The van der Waals surface area contributed by atoms with Crippen LogP contribution in [-0.4, -0.2) is 58.7 Å². The van der Waals surface area contributed by atoms with E-state index in [4.69, 9.17) is 15.0 Å². The molecule has 5 saturated carbocycles. The molecule has 0 aliphatic heterocycles. The Kier molecular flexibility index (Phi) is 9.27. The first-order valence-corrected chi connectivity index (χ1v) is 14.9. The molecule has 0 spiro atoms. The minimum atomic E-state index is -0.802. The molecule has 4 bridgehead atoms. The summed E-state index contributed by atoms with van der Waals surface area (Å²) in [5, 5.41) is 21.5. The molecule has 0 aromatic carbocycles. The third kappa shape index (κ3) is 6.29. The summed E-state index contributed by atoms with van der Waals surface area (Å²) in [5.74, 6) is 1.25. The van der Waals surface area contributed by atoms with Crippen LogP contribution in [0.3, 0.4) is 0 Å². The second-order valence-electron chi connectivity index (χ2n) is 12.4. The van der Waals surface area contributed by atoms with Gasteiger partial charge in [-0.25, -0.2) is 0 Å². The number of nitrogens with zero attached hydrogens (tertiary/aromatic N) is 1. The fourth-order valence-corrected chi connectivity index (χ4v) is 8.47. The molecule has 1 heterocycles. The van der Waals surface area contributed by atoms with E-state index in [1.54, 1.807) is 25.6 Å². The number of ether oxygens (including phenoxy) is 1. The highest BCUT2D eigenvalue weighted by molar-refractivity contribution is 8.00. The van der Waals surface area contributed by atoms with Crippen molar-refractivity contribution < 1.29 is 24.0 Å². The molecule has 0 saturated heterocycles. The normalized spacial score (nSPS) is 30.5. The number of carbonyl (C=O) groups is 2. The average Bonchev–Trinajstić information content (AvgIpc) is 3.25. The maximum atomic E-state index is 13.6. The number of hydrogen-bond acceptors (Lipinski definition) is 8. The first-order valence-electron chi connectivity index (χ1n) is 14.0. The number of aliphatic hydroxyl groups is 1. The number of amides is 2. The Morgan fingerprint density at radius 2 is 1.87 bits per heavy atom. The number of carbonyl (C=O) groups excluding carboxylic acids is 2. The standard InChI is InChI=1S/C27H42N4O5S.ClH/c1-26(2,25(33)29-9-8-28)15-35-24-22(37-19-6-4-3-5-7-19)21(36-31-24)23(32)30-20-17-10-16-11-18(20)14-27(34,12-16)13-17;/h16-20,34H,3-15,28H2,1-2H3,(H,29,33)(H,30,32);1H. The molecule has 0 radical (unpaired) electrons. The molecule has 5 aliphatic rings. The van der Waals surface area contributed by atoms with Gasteiger partial charge in [-0.3, -0.25) is 9.59 Å².